The van der Waals surface area contributed by atoms with Crippen molar-refractivity contribution in [2.75, 3.05) is 13.2 Å². The predicted molar refractivity (Wildman–Crippen MR) is 98.8 cm³/mol. The van der Waals surface area contributed by atoms with Gasteiger partial charge in [0.2, 0.25) is 0 Å². The first-order valence-electron chi connectivity index (χ1n) is 8.01. The van der Waals surface area contributed by atoms with Gasteiger partial charge in [-0.15, -0.1) is 0 Å². The monoisotopic (exact) mass is 419 g/mol. The summed E-state index contributed by atoms with van der Waals surface area (Å²) in [5, 5.41) is 9.04. The number of benzene rings is 2. The Kier molecular flexibility index (Phi) is 5.01. The van der Waals surface area contributed by atoms with Crippen LogP contribution in [0.15, 0.2) is 64.0 Å². The molecule has 130 valence electrons. The second-order valence-corrected chi connectivity index (χ2v) is 9.08. The zero-order valence-corrected chi connectivity index (χ0v) is 16.1. The molecular formula is C19H18BrNO3S. The Hall–Kier alpha value is -1.68. The lowest BCUT2D eigenvalue weighted by molar-refractivity contribution is 0.117. The molecule has 0 saturated heterocycles. The summed E-state index contributed by atoms with van der Waals surface area (Å²) in [6, 6.07) is 18.0. The van der Waals surface area contributed by atoms with Gasteiger partial charge in [0.15, 0.2) is 9.84 Å². The van der Waals surface area contributed by atoms with Crippen LogP contribution in [0.1, 0.15) is 18.4 Å². The smallest absolute Gasteiger partial charge is 0.183 e. The van der Waals surface area contributed by atoms with Crippen LogP contribution in [0.3, 0.4) is 0 Å². The maximum Gasteiger partial charge on any atom is 0.183 e. The van der Waals surface area contributed by atoms with E-state index in [1.165, 1.54) is 0 Å². The van der Waals surface area contributed by atoms with Gasteiger partial charge in [-0.3, -0.25) is 0 Å². The fourth-order valence-corrected chi connectivity index (χ4v) is 5.96. The molecule has 0 heterocycles. The van der Waals surface area contributed by atoms with E-state index >= 15 is 0 Å². The van der Waals surface area contributed by atoms with E-state index in [2.05, 4.69) is 22.0 Å². The van der Waals surface area contributed by atoms with Gasteiger partial charge >= 0.3 is 0 Å². The highest BCUT2D eigenvalue weighted by Crippen LogP contribution is 2.63. The number of halogens is 1. The molecule has 3 rings (SSSR count). The van der Waals surface area contributed by atoms with Gasteiger partial charge in [-0.25, -0.2) is 8.42 Å². The Labute approximate surface area is 156 Å². The summed E-state index contributed by atoms with van der Waals surface area (Å²) < 4.78 is 32.7. The Balaban J connectivity index is 2.06. The highest BCUT2D eigenvalue weighted by atomic mass is 79.9. The van der Waals surface area contributed by atoms with Crippen LogP contribution >= 0.6 is 15.9 Å². The molecule has 0 radical (unpaired) electrons. The molecule has 6 heteroatoms. The van der Waals surface area contributed by atoms with E-state index in [9.17, 15) is 13.7 Å². The fourth-order valence-electron chi connectivity index (χ4n) is 3.37. The molecule has 1 aliphatic carbocycles. The number of nitrogens with zero attached hydrogens (tertiary/aromatic N) is 1. The SMILES string of the molecule is CCOCC1(C#N)C(c2ccc(Br)cc2)C1S(=O)(=O)c1ccccc1. The van der Waals surface area contributed by atoms with Crippen molar-refractivity contribution in [3.8, 4) is 6.07 Å². The first kappa shape index (κ1) is 18.1. The third-order valence-electron chi connectivity index (χ3n) is 4.64. The Bertz CT molecular complexity index is 891. The summed E-state index contributed by atoms with van der Waals surface area (Å²) in [5.74, 6) is -0.401. The van der Waals surface area contributed by atoms with E-state index in [0.717, 1.165) is 10.0 Å². The minimum atomic E-state index is -3.64. The van der Waals surface area contributed by atoms with Crippen LogP contribution in [-0.2, 0) is 14.6 Å². The third kappa shape index (κ3) is 3.12. The third-order valence-corrected chi connectivity index (χ3v) is 7.46. The highest BCUT2D eigenvalue weighted by Gasteiger charge is 2.72. The second-order valence-electron chi connectivity index (χ2n) is 6.10. The maximum absolute atomic E-state index is 13.2. The van der Waals surface area contributed by atoms with E-state index < -0.39 is 26.4 Å². The standard InChI is InChI=1S/C19H18BrNO3S/c1-2-24-13-19(12-21)17(14-8-10-15(20)11-9-14)18(19)25(22,23)16-6-4-3-5-7-16/h3-11,17-18H,2,13H2,1H3. The van der Waals surface area contributed by atoms with Crippen molar-refractivity contribution >= 4 is 25.8 Å². The fraction of sp³-hybridized carbons (Fsp3) is 0.316. The minimum absolute atomic E-state index is 0.109. The van der Waals surface area contributed by atoms with Gasteiger partial charge in [0, 0.05) is 17.0 Å². The van der Waals surface area contributed by atoms with Crippen LogP contribution < -0.4 is 0 Å². The molecule has 3 unspecified atom stereocenters. The summed E-state index contributed by atoms with van der Waals surface area (Å²) in [6.45, 7) is 2.38. The normalized spacial score (nSPS) is 25.3. The van der Waals surface area contributed by atoms with Gasteiger partial charge in [0.25, 0.3) is 0 Å². The highest BCUT2D eigenvalue weighted by molar-refractivity contribution is 9.10. The molecule has 0 aromatic heterocycles. The van der Waals surface area contributed by atoms with Crippen molar-refractivity contribution in [3.05, 3.63) is 64.6 Å². The van der Waals surface area contributed by atoms with Crippen LogP contribution in [0.25, 0.3) is 0 Å². The number of hydrogen-bond donors (Lipinski definition) is 0. The zero-order chi connectivity index (χ0) is 18.1. The van der Waals surface area contributed by atoms with Crippen molar-refractivity contribution in [2.45, 2.75) is 23.0 Å². The summed E-state index contributed by atoms with van der Waals surface area (Å²) >= 11 is 3.39. The van der Waals surface area contributed by atoms with Crippen LogP contribution in [0.2, 0.25) is 0 Å². The van der Waals surface area contributed by atoms with Crippen LogP contribution in [0.5, 0.6) is 0 Å². The van der Waals surface area contributed by atoms with Gasteiger partial charge in [-0.05, 0) is 36.8 Å². The summed E-state index contributed by atoms with van der Waals surface area (Å²) in [5.41, 5.74) is -0.215. The van der Waals surface area contributed by atoms with E-state index in [1.807, 2.05) is 31.2 Å². The van der Waals surface area contributed by atoms with Crippen LogP contribution in [-0.4, -0.2) is 26.9 Å². The van der Waals surface area contributed by atoms with Crippen LogP contribution in [0, 0.1) is 16.7 Å². The molecule has 1 saturated carbocycles. The average molecular weight is 420 g/mol. The number of sulfone groups is 1. The Morgan fingerprint density at radius 1 is 1.16 bits per heavy atom. The number of ether oxygens (including phenoxy) is 1. The number of rotatable bonds is 6. The Morgan fingerprint density at radius 2 is 1.80 bits per heavy atom. The lowest BCUT2D eigenvalue weighted by Gasteiger charge is -2.09. The molecule has 3 atom stereocenters. The van der Waals surface area contributed by atoms with E-state index in [0.29, 0.717) is 6.61 Å². The van der Waals surface area contributed by atoms with Gasteiger partial charge in [-0.1, -0.05) is 46.3 Å². The first-order chi connectivity index (χ1) is 12.0. The van der Waals surface area contributed by atoms with Crippen molar-refractivity contribution in [3.63, 3.8) is 0 Å². The molecular weight excluding hydrogens is 402 g/mol. The molecule has 0 aliphatic heterocycles. The molecule has 0 spiro atoms. The topological polar surface area (TPSA) is 67.2 Å². The molecule has 2 aromatic rings. The molecule has 4 nitrogen and oxygen atoms in total. The molecule has 0 bridgehead atoms. The molecule has 1 aliphatic rings. The lowest BCUT2D eigenvalue weighted by atomic mass is 10.0. The van der Waals surface area contributed by atoms with Gasteiger partial charge < -0.3 is 4.74 Å². The van der Waals surface area contributed by atoms with Gasteiger partial charge in [-0.2, -0.15) is 5.26 Å². The molecule has 0 N–H and O–H groups in total. The van der Waals surface area contributed by atoms with Crippen molar-refractivity contribution in [1.29, 1.82) is 5.26 Å². The minimum Gasteiger partial charge on any atom is -0.380 e. The molecule has 25 heavy (non-hydrogen) atoms. The molecule has 2 aromatic carbocycles. The maximum atomic E-state index is 13.2. The van der Waals surface area contributed by atoms with Crippen molar-refractivity contribution in [1.82, 2.24) is 0 Å². The van der Waals surface area contributed by atoms with E-state index in [-0.39, 0.29) is 11.5 Å². The zero-order valence-electron chi connectivity index (χ0n) is 13.7. The number of hydrogen-bond acceptors (Lipinski definition) is 4. The number of nitriles is 1. The summed E-state index contributed by atoms with van der Waals surface area (Å²) in [6.07, 6.45) is 0. The van der Waals surface area contributed by atoms with E-state index in [1.54, 1.807) is 30.3 Å². The van der Waals surface area contributed by atoms with Gasteiger partial charge in [0.05, 0.1) is 22.8 Å². The quantitative estimate of drug-likeness (QED) is 0.710. The molecule has 0 amide bonds. The summed E-state index contributed by atoms with van der Waals surface area (Å²) in [7, 11) is -3.64. The summed E-state index contributed by atoms with van der Waals surface area (Å²) in [4.78, 5) is 0.246. The van der Waals surface area contributed by atoms with E-state index in [4.69, 9.17) is 4.74 Å². The van der Waals surface area contributed by atoms with Crippen LogP contribution in [0.4, 0.5) is 0 Å². The van der Waals surface area contributed by atoms with Gasteiger partial charge in [0.1, 0.15) is 5.41 Å². The predicted octanol–water partition coefficient (Wildman–Crippen LogP) is 3.94. The Morgan fingerprint density at radius 3 is 2.36 bits per heavy atom. The molecule has 1 fully saturated rings. The second kappa shape index (κ2) is 6.91. The average Bonchev–Trinajstić information content (AvgIpc) is 3.31. The van der Waals surface area contributed by atoms with Crippen molar-refractivity contribution < 1.29 is 13.2 Å². The largest absolute Gasteiger partial charge is 0.380 e. The first-order valence-corrected chi connectivity index (χ1v) is 10.3. The lowest BCUT2D eigenvalue weighted by Crippen LogP contribution is -2.19. The van der Waals surface area contributed by atoms with Crippen molar-refractivity contribution in [2.24, 2.45) is 5.41 Å².